The normalized spacial score (nSPS) is 16.6. The van der Waals surface area contributed by atoms with Gasteiger partial charge < -0.3 is 10.0 Å². The van der Waals surface area contributed by atoms with Crippen LogP contribution >= 0.6 is 34.5 Å². The predicted molar refractivity (Wildman–Crippen MR) is 107 cm³/mol. The molecule has 5 nitrogen and oxygen atoms in total. The summed E-state index contributed by atoms with van der Waals surface area (Å²) in [4.78, 5) is 30.3. The van der Waals surface area contributed by atoms with E-state index in [0.717, 1.165) is 16.0 Å². The standard InChI is InChI=1S/C19H14Cl2N2O3S/c20-12-5-6-13(21)18-17(12)22-15(27-18)9-23-14-4-2-1-3-10(14)7-11(19(23)26)8-16(24)25/h1-6,11H,7-9H2,(H,24,25). The molecule has 27 heavy (non-hydrogen) atoms. The molecule has 1 aromatic heterocycles. The Labute approximate surface area is 169 Å². The van der Waals surface area contributed by atoms with Crippen LogP contribution in [0.4, 0.5) is 5.69 Å². The number of benzene rings is 2. The number of anilines is 1. The van der Waals surface area contributed by atoms with E-state index in [1.54, 1.807) is 17.0 Å². The first-order valence-corrected chi connectivity index (χ1v) is 9.86. The minimum absolute atomic E-state index is 0.193. The Morgan fingerprint density at radius 1 is 1.22 bits per heavy atom. The minimum atomic E-state index is -0.980. The van der Waals surface area contributed by atoms with Gasteiger partial charge in [-0.2, -0.15) is 0 Å². The van der Waals surface area contributed by atoms with Crippen LogP contribution in [0.25, 0.3) is 10.2 Å². The average Bonchev–Trinajstić information content (AvgIpc) is 3.07. The van der Waals surface area contributed by atoms with E-state index in [9.17, 15) is 9.59 Å². The molecule has 0 saturated heterocycles. The molecule has 1 amide bonds. The van der Waals surface area contributed by atoms with Crippen molar-refractivity contribution in [1.29, 1.82) is 0 Å². The van der Waals surface area contributed by atoms with Crippen LogP contribution in [0.3, 0.4) is 0 Å². The number of aromatic nitrogens is 1. The van der Waals surface area contributed by atoms with E-state index in [1.165, 1.54) is 11.3 Å². The maximum absolute atomic E-state index is 13.0. The number of carboxylic acids is 1. The second-order valence-corrected chi connectivity index (χ2v) is 8.26. The Balaban J connectivity index is 1.73. The third kappa shape index (κ3) is 3.40. The van der Waals surface area contributed by atoms with Gasteiger partial charge >= 0.3 is 5.97 Å². The summed E-state index contributed by atoms with van der Waals surface area (Å²) < 4.78 is 0.777. The molecule has 0 fully saturated rings. The summed E-state index contributed by atoms with van der Waals surface area (Å²) in [6.45, 7) is 0.248. The van der Waals surface area contributed by atoms with Crippen molar-refractivity contribution in [3.63, 3.8) is 0 Å². The summed E-state index contributed by atoms with van der Waals surface area (Å²) in [5.41, 5.74) is 2.37. The molecule has 0 radical (unpaired) electrons. The third-order valence-electron chi connectivity index (χ3n) is 4.57. The Hall–Kier alpha value is -2.15. The van der Waals surface area contributed by atoms with Gasteiger partial charge in [0.05, 0.1) is 33.6 Å². The lowest BCUT2D eigenvalue weighted by Crippen LogP contribution is -2.41. The predicted octanol–water partition coefficient (Wildman–Crippen LogP) is 4.78. The van der Waals surface area contributed by atoms with Crippen molar-refractivity contribution >= 4 is 62.3 Å². The van der Waals surface area contributed by atoms with Crippen LogP contribution in [0.2, 0.25) is 10.0 Å². The van der Waals surface area contributed by atoms with Crippen LogP contribution in [0.1, 0.15) is 17.0 Å². The number of halogens is 2. The lowest BCUT2D eigenvalue weighted by molar-refractivity contribution is -0.140. The number of hydrogen-bond acceptors (Lipinski definition) is 4. The molecule has 3 aromatic rings. The van der Waals surface area contributed by atoms with Gasteiger partial charge in [-0.3, -0.25) is 9.59 Å². The quantitative estimate of drug-likeness (QED) is 0.658. The first-order chi connectivity index (χ1) is 12.9. The molecule has 0 saturated carbocycles. The Morgan fingerprint density at radius 2 is 1.96 bits per heavy atom. The second-order valence-electron chi connectivity index (χ2n) is 6.37. The fourth-order valence-corrected chi connectivity index (χ4v) is 4.87. The van der Waals surface area contributed by atoms with E-state index in [0.29, 0.717) is 27.0 Å². The monoisotopic (exact) mass is 420 g/mol. The van der Waals surface area contributed by atoms with E-state index in [4.69, 9.17) is 28.3 Å². The van der Waals surface area contributed by atoms with E-state index in [2.05, 4.69) is 4.98 Å². The van der Waals surface area contributed by atoms with Crippen LogP contribution in [-0.4, -0.2) is 22.0 Å². The molecule has 2 heterocycles. The molecule has 1 N–H and O–H groups in total. The molecule has 8 heteroatoms. The summed E-state index contributed by atoms with van der Waals surface area (Å²) in [5, 5.41) is 10.9. The maximum Gasteiger partial charge on any atom is 0.304 e. The van der Waals surface area contributed by atoms with Gasteiger partial charge in [0, 0.05) is 5.69 Å². The zero-order valence-electron chi connectivity index (χ0n) is 14.0. The molecule has 1 aliphatic heterocycles. The summed E-state index contributed by atoms with van der Waals surface area (Å²) >= 11 is 13.8. The van der Waals surface area contributed by atoms with Gasteiger partial charge in [-0.25, -0.2) is 4.98 Å². The number of carbonyl (C=O) groups excluding carboxylic acids is 1. The fraction of sp³-hybridized carbons (Fsp3) is 0.211. The highest BCUT2D eigenvalue weighted by molar-refractivity contribution is 7.19. The summed E-state index contributed by atoms with van der Waals surface area (Å²) in [5.74, 6) is -1.77. The van der Waals surface area contributed by atoms with Gasteiger partial charge in [0.15, 0.2) is 0 Å². The lowest BCUT2D eigenvalue weighted by Gasteiger charge is -2.33. The number of para-hydroxylation sites is 1. The van der Waals surface area contributed by atoms with Crippen molar-refractivity contribution in [1.82, 2.24) is 4.98 Å². The van der Waals surface area contributed by atoms with Crippen molar-refractivity contribution in [2.45, 2.75) is 19.4 Å². The molecule has 1 atom stereocenters. The number of rotatable bonds is 4. The minimum Gasteiger partial charge on any atom is -0.481 e. The molecule has 138 valence electrons. The van der Waals surface area contributed by atoms with Gasteiger partial charge in [0.1, 0.15) is 10.5 Å². The SMILES string of the molecule is O=C(O)CC1Cc2ccccc2N(Cc2nc3c(Cl)ccc(Cl)c3s2)C1=O. The Kier molecular flexibility index (Phi) is 4.80. The topological polar surface area (TPSA) is 70.5 Å². The molecular formula is C19H14Cl2N2O3S. The first kappa shape index (κ1) is 18.2. The fourth-order valence-electron chi connectivity index (χ4n) is 3.36. The van der Waals surface area contributed by atoms with E-state index in [1.807, 2.05) is 24.3 Å². The molecule has 0 bridgehead atoms. The number of hydrogen-bond donors (Lipinski definition) is 1. The van der Waals surface area contributed by atoms with E-state index in [-0.39, 0.29) is 18.9 Å². The van der Waals surface area contributed by atoms with Crippen molar-refractivity contribution in [2.24, 2.45) is 5.92 Å². The molecular weight excluding hydrogens is 407 g/mol. The summed E-state index contributed by atoms with van der Waals surface area (Å²) in [7, 11) is 0. The number of aliphatic carboxylic acids is 1. The molecule has 0 spiro atoms. The Bertz CT molecular complexity index is 1030. The lowest BCUT2D eigenvalue weighted by atomic mass is 9.89. The zero-order valence-corrected chi connectivity index (χ0v) is 16.3. The number of amides is 1. The smallest absolute Gasteiger partial charge is 0.304 e. The van der Waals surface area contributed by atoms with Gasteiger partial charge in [-0.15, -0.1) is 11.3 Å². The van der Waals surface area contributed by atoms with Crippen LogP contribution in [-0.2, 0) is 22.6 Å². The van der Waals surface area contributed by atoms with Crippen LogP contribution < -0.4 is 4.90 Å². The van der Waals surface area contributed by atoms with Crippen molar-refractivity contribution in [3.05, 3.63) is 57.0 Å². The van der Waals surface area contributed by atoms with Gasteiger partial charge in [-0.1, -0.05) is 41.4 Å². The highest BCUT2D eigenvalue weighted by atomic mass is 35.5. The number of thiazole rings is 1. The number of carboxylic acid groups (broad SMARTS) is 1. The number of fused-ring (bicyclic) bond motifs is 2. The van der Waals surface area contributed by atoms with Crippen molar-refractivity contribution in [3.8, 4) is 0 Å². The summed E-state index contributed by atoms with van der Waals surface area (Å²) in [6.07, 6.45) is 0.233. The van der Waals surface area contributed by atoms with Gasteiger partial charge in [-0.05, 0) is 30.2 Å². The average molecular weight is 421 g/mol. The number of nitrogens with zero attached hydrogens (tertiary/aromatic N) is 2. The van der Waals surface area contributed by atoms with E-state index < -0.39 is 11.9 Å². The molecule has 1 aliphatic rings. The second kappa shape index (κ2) is 7.11. The van der Waals surface area contributed by atoms with E-state index >= 15 is 0 Å². The van der Waals surface area contributed by atoms with Gasteiger partial charge in [0.2, 0.25) is 5.91 Å². The van der Waals surface area contributed by atoms with Crippen LogP contribution in [0.15, 0.2) is 36.4 Å². The van der Waals surface area contributed by atoms with Crippen molar-refractivity contribution < 1.29 is 14.7 Å². The third-order valence-corrected chi connectivity index (χ3v) is 6.37. The number of carbonyl (C=O) groups is 2. The highest BCUT2D eigenvalue weighted by Gasteiger charge is 2.34. The maximum atomic E-state index is 13.0. The molecule has 4 rings (SSSR count). The van der Waals surface area contributed by atoms with Crippen molar-refractivity contribution in [2.75, 3.05) is 4.90 Å². The van der Waals surface area contributed by atoms with Crippen LogP contribution in [0.5, 0.6) is 0 Å². The highest BCUT2D eigenvalue weighted by Crippen LogP contribution is 2.37. The van der Waals surface area contributed by atoms with Gasteiger partial charge in [0.25, 0.3) is 0 Å². The first-order valence-electron chi connectivity index (χ1n) is 8.28. The zero-order chi connectivity index (χ0) is 19.1. The molecule has 2 aromatic carbocycles. The summed E-state index contributed by atoms with van der Waals surface area (Å²) in [6, 6.07) is 11.0. The Morgan fingerprint density at radius 3 is 2.70 bits per heavy atom. The molecule has 0 aliphatic carbocycles. The molecule has 1 unspecified atom stereocenters. The largest absolute Gasteiger partial charge is 0.481 e. The van der Waals surface area contributed by atoms with Crippen LogP contribution in [0, 0.1) is 5.92 Å².